The molecule has 98 valence electrons. The van der Waals surface area contributed by atoms with Crippen molar-refractivity contribution in [2.24, 2.45) is 5.84 Å². The maximum Gasteiger partial charge on any atom is 0.287 e. The molecule has 0 spiro atoms. The summed E-state index contributed by atoms with van der Waals surface area (Å²) < 4.78 is 5.59. The second-order valence-electron chi connectivity index (χ2n) is 3.37. The fraction of sp³-hybridized carbons (Fsp3) is 0.300. The summed E-state index contributed by atoms with van der Waals surface area (Å²) in [5, 5.41) is 10.7. The smallest absolute Gasteiger partial charge is 0.287 e. The number of hydrazine groups is 1. The van der Waals surface area contributed by atoms with E-state index in [9.17, 15) is 14.9 Å². The SMILES string of the molecule is CCC(Oc1cccc([N+](=O)[O-])c1Br)C(=O)NN. The van der Waals surface area contributed by atoms with Gasteiger partial charge in [-0.1, -0.05) is 13.0 Å². The van der Waals surface area contributed by atoms with Crippen LogP contribution in [0.5, 0.6) is 5.75 Å². The van der Waals surface area contributed by atoms with Crippen molar-refractivity contribution in [3.05, 3.63) is 32.8 Å². The molecule has 0 aromatic heterocycles. The summed E-state index contributed by atoms with van der Waals surface area (Å²) in [6.45, 7) is 1.74. The predicted octanol–water partition coefficient (Wildman–Crippen LogP) is 1.50. The third-order valence-corrected chi connectivity index (χ3v) is 3.01. The number of benzene rings is 1. The molecule has 0 saturated heterocycles. The number of amides is 1. The van der Waals surface area contributed by atoms with E-state index in [0.29, 0.717) is 6.42 Å². The summed E-state index contributed by atoms with van der Waals surface area (Å²) in [5.74, 6) is 4.75. The minimum Gasteiger partial charge on any atom is -0.479 e. The van der Waals surface area contributed by atoms with E-state index in [1.54, 1.807) is 6.92 Å². The average molecular weight is 318 g/mol. The van der Waals surface area contributed by atoms with E-state index in [1.165, 1.54) is 18.2 Å². The number of carbonyl (C=O) groups excluding carboxylic acids is 1. The first-order chi connectivity index (χ1) is 8.51. The maximum atomic E-state index is 11.4. The van der Waals surface area contributed by atoms with E-state index in [-0.39, 0.29) is 15.9 Å². The van der Waals surface area contributed by atoms with Gasteiger partial charge in [0.1, 0.15) is 10.2 Å². The minimum absolute atomic E-state index is 0.129. The highest BCUT2D eigenvalue weighted by atomic mass is 79.9. The molecule has 3 N–H and O–H groups in total. The zero-order valence-corrected chi connectivity index (χ0v) is 11.1. The summed E-state index contributed by atoms with van der Waals surface area (Å²) in [4.78, 5) is 21.6. The standard InChI is InChI=1S/C10H12BrN3O4/c1-2-7(10(15)13-12)18-8-5-3-4-6(9(8)11)14(16)17/h3-5,7H,2,12H2,1H3,(H,13,15). The molecule has 0 aliphatic rings. The number of ether oxygens (including phenoxy) is 1. The van der Waals surface area contributed by atoms with E-state index >= 15 is 0 Å². The normalized spacial score (nSPS) is 11.7. The first-order valence-corrected chi connectivity index (χ1v) is 5.90. The van der Waals surface area contributed by atoms with Gasteiger partial charge in [-0.3, -0.25) is 20.3 Å². The van der Waals surface area contributed by atoms with E-state index in [4.69, 9.17) is 10.6 Å². The van der Waals surface area contributed by atoms with Crippen molar-refractivity contribution < 1.29 is 14.5 Å². The van der Waals surface area contributed by atoms with Gasteiger partial charge in [0.05, 0.1) is 4.92 Å². The van der Waals surface area contributed by atoms with Crippen molar-refractivity contribution in [3.63, 3.8) is 0 Å². The number of nitrogens with two attached hydrogens (primary N) is 1. The van der Waals surface area contributed by atoms with Crippen LogP contribution in [0.25, 0.3) is 0 Å². The molecular formula is C10H12BrN3O4. The Bertz CT molecular complexity index is 466. The number of hydrogen-bond acceptors (Lipinski definition) is 5. The fourth-order valence-corrected chi connectivity index (χ4v) is 1.80. The van der Waals surface area contributed by atoms with Crippen LogP contribution in [0, 0.1) is 10.1 Å². The number of nitrogens with one attached hydrogen (secondary N) is 1. The van der Waals surface area contributed by atoms with E-state index in [0.717, 1.165) is 0 Å². The number of nitro groups is 1. The van der Waals surface area contributed by atoms with Crippen molar-refractivity contribution in [3.8, 4) is 5.75 Å². The molecule has 0 radical (unpaired) electrons. The van der Waals surface area contributed by atoms with Gasteiger partial charge in [0.25, 0.3) is 11.6 Å². The van der Waals surface area contributed by atoms with Gasteiger partial charge in [-0.25, -0.2) is 5.84 Å². The van der Waals surface area contributed by atoms with Crippen LogP contribution in [0.2, 0.25) is 0 Å². The molecule has 0 fully saturated rings. The number of halogens is 1. The van der Waals surface area contributed by atoms with Crippen LogP contribution in [0.3, 0.4) is 0 Å². The fourth-order valence-electron chi connectivity index (χ4n) is 1.30. The third kappa shape index (κ3) is 3.17. The average Bonchev–Trinajstić information content (AvgIpc) is 2.36. The molecule has 0 heterocycles. The minimum atomic E-state index is -0.798. The topological polar surface area (TPSA) is 107 Å². The van der Waals surface area contributed by atoms with Gasteiger partial charge in [0.15, 0.2) is 6.10 Å². The zero-order valence-electron chi connectivity index (χ0n) is 9.55. The highest BCUT2D eigenvalue weighted by molar-refractivity contribution is 9.10. The summed E-state index contributed by atoms with van der Waals surface area (Å²) in [6, 6.07) is 4.34. The van der Waals surface area contributed by atoms with Crippen LogP contribution >= 0.6 is 15.9 Å². The Morgan fingerprint density at radius 3 is 2.83 bits per heavy atom. The van der Waals surface area contributed by atoms with Crippen LogP contribution in [0.1, 0.15) is 13.3 Å². The number of carbonyl (C=O) groups is 1. The molecule has 0 aliphatic carbocycles. The summed E-state index contributed by atoms with van der Waals surface area (Å²) >= 11 is 3.08. The first-order valence-electron chi connectivity index (χ1n) is 5.11. The van der Waals surface area contributed by atoms with Gasteiger partial charge in [0, 0.05) is 6.07 Å². The number of rotatable bonds is 5. The molecule has 0 saturated carbocycles. The first kappa shape index (κ1) is 14.4. The summed E-state index contributed by atoms with van der Waals surface area (Å²) in [5.41, 5.74) is 1.85. The lowest BCUT2D eigenvalue weighted by Crippen LogP contribution is -2.41. The van der Waals surface area contributed by atoms with E-state index in [2.05, 4.69) is 15.9 Å². The highest BCUT2D eigenvalue weighted by Gasteiger charge is 2.21. The van der Waals surface area contributed by atoms with Gasteiger partial charge < -0.3 is 4.74 Å². The van der Waals surface area contributed by atoms with Crippen LogP contribution in [-0.4, -0.2) is 16.9 Å². The van der Waals surface area contributed by atoms with Crippen molar-refractivity contribution in [2.75, 3.05) is 0 Å². The maximum absolute atomic E-state index is 11.4. The summed E-state index contributed by atoms with van der Waals surface area (Å²) in [7, 11) is 0. The van der Waals surface area contributed by atoms with Gasteiger partial charge in [-0.15, -0.1) is 0 Å². The van der Waals surface area contributed by atoms with Gasteiger partial charge in [-0.2, -0.15) is 0 Å². The number of nitro benzene ring substituents is 1. The van der Waals surface area contributed by atoms with E-state index < -0.39 is 16.9 Å². The number of nitrogens with zero attached hydrogens (tertiary/aromatic N) is 1. The molecule has 1 amide bonds. The van der Waals surface area contributed by atoms with Crippen molar-refractivity contribution in [2.45, 2.75) is 19.4 Å². The Morgan fingerprint density at radius 1 is 1.67 bits per heavy atom. The molecule has 0 bridgehead atoms. The van der Waals surface area contributed by atoms with Crippen molar-refractivity contribution >= 4 is 27.5 Å². The second kappa shape index (κ2) is 6.31. The molecule has 0 aliphatic heterocycles. The Labute approximate surface area is 112 Å². The van der Waals surface area contributed by atoms with Crippen molar-refractivity contribution in [1.82, 2.24) is 5.43 Å². The quantitative estimate of drug-likeness (QED) is 0.370. The molecule has 1 rings (SSSR count). The Hall–Kier alpha value is -1.67. The molecule has 7 nitrogen and oxygen atoms in total. The zero-order chi connectivity index (χ0) is 13.7. The third-order valence-electron chi connectivity index (χ3n) is 2.21. The van der Waals surface area contributed by atoms with Crippen LogP contribution < -0.4 is 16.0 Å². The van der Waals surface area contributed by atoms with Crippen LogP contribution in [0.15, 0.2) is 22.7 Å². The van der Waals surface area contributed by atoms with Crippen molar-refractivity contribution in [1.29, 1.82) is 0 Å². The molecule has 1 unspecified atom stereocenters. The lowest BCUT2D eigenvalue weighted by Gasteiger charge is -2.16. The lowest BCUT2D eigenvalue weighted by atomic mass is 10.2. The van der Waals surface area contributed by atoms with Gasteiger partial charge in [-0.05, 0) is 28.4 Å². The Balaban J connectivity index is 3.00. The largest absolute Gasteiger partial charge is 0.479 e. The van der Waals surface area contributed by atoms with Gasteiger partial charge >= 0.3 is 0 Å². The molecular weight excluding hydrogens is 306 g/mol. The van der Waals surface area contributed by atoms with E-state index in [1.807, 2.05) is 5.43 Å². The van der Waals surface area contributed by atoms with Gasteiger partial charge in [0.2, 0.25) is 0 Å². The number of hydrogen-bond donors (Lipinski definition) is 2. The molecule has 1 aromatic rings. The monoisotopic (exact) mass is 317 g/mol. The molecule has 8 heteroatoms. The molecule has 18 heavy (non-hydrogen) atoms. The molecule has 1 atom stereocenters. The summed E-state index contributed by atoms with van der Waals surface area (Å²) in [6.07, 6.45) is -0.411. The second-order valence-corrected chi connectivity index (χ2v) is 4.16. The Morgan fingerprint density at radius 2 is 2.33 bits per heavy atom. The van der Waals surface area contributed by atoms with Crippen LogP contribution in [-0.2, 0) is 4.79 Å². The van der Waals surface area contributed by atoms with Crippen LogP contribution in [0.4, 0.5) is 5.69 Å². The lowest BCUT2D eigenvalue weighted by molar-refractivity contribution is -0.385. The molecule has 1 aromatic carbocycles. The predicted molar refractivity (Wildman–Crippen MR) is 67.8 cm³/mol. The highest BCUT2D eigenvalue weighted by Crippen LogP contribution is 2.34. The Kier molecular flexibility index (Phi) is 5.05.